The van der Waals surface area contributed by atoms with E-state index in [1.54, 1.807) is 35.0 Å². The van der Waals surface area contributed by atoms with E-state index >= 15 is 0 Å². The first-order chi connectivity index (χ1) is 15.0. The Hall–Kier alpha value is -4.03. The van der Waals surface area contributed by atoms with Gasteiger partial charge in [-0.15, -0.1) is 0 Å². The molecule has 0 amide bonds. The van der Waals surface area contributed by atoms with Gasteiger partial charge in [0.15, 0.2) is 5.65 Å². The predicted molar refractivity (Wildman–Crippen MR) is 116 cm³/mol. The number of hydrogen-bond acceptors (Lipinski definition) is 6. The number of H-pyrrole nitrogens is 2. The third kappa shape index (κ3) is 3.76. The first kappa shape index (κ1) is 19.0. The summed E-state index contributed by atoms with van der Waals surface area (Å²) in [6.07, 6.45) is 5.56. The molecule has 0 spiro atoms. The molecule has 3 aromatic heterocycles. The van der Waals surface area contributed by atoms with Crippen LogP contribution in [0.15, 0.2) is 35.3 Å². The summed E-state index contributed by atoms with van der Waals surface area (Å²) < 4.78 is 7.62. The van der Waals surface area contributed by atoms with Crippen LogP contribution in [0.1, 0.15) is 24.0 Å². The second-order valence-corrected chi connectivity index (χ2v) is 7.62. The molecule has 3 N–H and O–H groups in total. The van der Waals surface area contributed by atoms with Gasteiger partial charge in [0, 0.05) is 17.7 Å². The van der Waals surface area contributed by atoms with E-state index in [4.69, 9.17) is 21.6 Å². The van der Waals surface area contributed by atoms with Crippen molar-refractivity contribution in [3.05, 3.63) is 67.8 Å². The van der Waals surface area contributed by atoms with Gasteiger partial charge in [0.1, 0.15) is 11.6 Å². The Morgan fingerprint density at radius 3 is 2.87 bits per heavy atom. The van der Waals surface area contributed by atoms with Crippen molar-refractivity contribution in [1.82, 2.24) is 24.6 Å². The van der Waals surface area contributed by atoms with Crippen LogP contribution >= 0.6 is 11.6 Å². The van der Waals surface area contributed by atoms with Crippen LogP contribution in [0.3, 0.4) is 0 Å². The lowest BCUT2D eigenvalue weighted by Crippen LogP contribution is -2.22. The molecule has 154 valence electrons. The molecule has 3 heterocycles. The van der Waals surface area contributed by atoms with Crippen LogP contribution in [0.2, 0.25) is 5.02 Å². The number of hydrogen-bond donors (Lipinski definition) is 3. The number of ether oxygens (including phenoxy) is 1. The maximum atomic E-state index is 11.6. The molecule has 9 nitrogen and oxygen atoms in total. The van der Waals surface area contributed by atoms with E-state index < -0.39 is 0 Å². The molecule has 5 rings (SSSR count). The first-order valence-corrected chi connectivity index (χ1v) is 9.90. The SMILES string of the molecule is C=c1[nH]c(=O)[nH]/c1=C\c1cnn2c(NC3CC3)cc(Oc3ccc(C#N)cc3Cl)nc12. The smallest absolute Gasteiger partial charge is 0.323 e. The number of nitrogens with one attached hydrogen (secondary N) is 3. The number of nitrogens with zero attached hydrogens (tertiary/aromatic N) is 4. The van der Waals surface area contributed by atoms with Crippen LogP contribution < -0.4 is 26.4 Å². The number of rotatable bonds is 5. The third-order valence-corrected chi connectivity index (χ3v) is 5.11. The van der Waals surface area contributed by atoms with Crippen molar-refractivity contribution in [2.45, 2.75) is 18.9 Å². The largest absolute Gasteiger partial charge is 0.437 e. The maximum absolute atomic E-state index is 11.6. The Labute approximate surface area is 180 Å². The van der Waals surface area contributed by atoms with Gasteiger partial charge in [-0.05, 0) is 37.1 Å². The Balaban J connectivity index is 1.62. The van der Waals surface area contributed by atoms with Gasteiger partial charge in [-0.25, -0.2) is 4.79 Å². The van der Waals surface area contributed by atoms with Gasteiger partial charge in [-0.3, -0.25) is 0 Å². The molecule has 1 aromatic carbocycles. The van der Waals surface area contributed by atoms with Crippen LogP contribution in [0.4, 0.5) is 5.82 Å². The fourth-order valence-electron chi connectivity index (χ4n) is 3.13. The van der Waals surface area contributed by atoms with Crippen molar-refractivity contribution in [1.29, 1.82) is 5.26 Å². The molecule has 0 aliphatic heterocycles. The van der Waals surface area contributed by atoms with Gasteiger partial charge in [-0.1, -0.05) is 18.2 Å². The van der Waals surface area contributed by atoms with Crippen molar-refractivity contribution < 1.29 is 4.74 Å². The number of anilines is 1. The summed E-state index contributed by atoms with van der Waals surface area (Å²) in [5.41, 5.74) is 1.31. The summed E-state index contributed by atoms with van der Waals surface area (Å²) in [5, 5.41) is 18.2. The number of aromatic amines is 2. The molecule has 0 bridgehead atoms. The minimum atomic E-state index is -0.337. The number of halogens is 1. The van der Waals surface area contributed by atoms with Crippen LogP contribution in [0.5, 0.6) is 11.6 Å². The molecular formula is C21H16ClN7O2. The standard InChI is InChI=1S/C21H16ClN7O2/c1-11-16(27-21(30)25-11)7-13-10-24-29-18(26-14-3-4-14)8-19(28-20(13)29)31-17-5-2-12(9-23)6-15(17)22/h2,5-8,10,14,26H,1,3-4H2,(H2,25,27,30)/b16-7-. The Bertz CT molecular complexity index is 1520. The highest BCUT2D eigenvalue weighted by molar-refractivity contribution is 6.32. The fourth-order valence-corrected chi connectivity index (χ4v) is 3.35. The van der Waals surface area contributed by atoms with Crippen molar-refractivity contribution in [3.8, 4) is 17.7 Å². The fraction of sp³-hybridized carbons (Fsp3) is 0.143. The Morgan fingerprint density at radius 2 is 2.19 bits per heavy atom. The van der Waals surface area contributed by atoms with E-state index in [2.05, 4.69) is 31.9 Å². The summed E-state index contributed by atoms with van der Waals surface area (Å²) >= 11 is 6.26. The minimum absolute atomic E-state index is 0.310. The van der Waals surface area contributed by atoms with Crippen LogP contribution in [-0.2, 0) is 0 Å². The van der Waals surface area contributed by atoms with Crippen molar-refractivity contribution >= 4 is 35.7 Å². The highest BCUT2D eigenvalue weighted by Crippen LogP contribution is 2.32. The summed E-state index contributed by atoms with van der Waals surface area (Å²) in [5.74, 6) is 1.43. The highest BCUT2D eigenvalue weighted by atomic mass is 35.5. The van der Waals surface area contributed by atoms with E-state index in [1.165, 1.54) is 6.07 Å². The minimum Gasteiger partial charge on any atom is -0.437 e. The van der Waals surface area contributed by atoms with Crippen LogP contribution in [0, 0.1) is 11.3 Å². The highest BCUT2D eigenvalue weighted by Gasteiger charge is 2.23. The van der Waals surface area contributed by atoms with Crippen molar-refractivity contribution in [3.63, 3.8) is 0 Å². The van der Waals surface area contributed by atoms with E-state index in [0.29, 0.717) is 50.2 Å². The normalized spacial score (nSPS) is 14.0. The number of fused-ring (bicyclic) bond motifs is 1. The van der Waals surface area contributed by atoms with E-state index in [1.807, 2.05) is 6.07 Å². The second kappa shape index (κ2) is 7.34. The molecule has 1 aliphatic rings. The Morgan fingerprint density at radius 1 is 1.35 bits per heavy atom. The molecule has 0 unspecified atom stereocenters. The molecule has 1 fully saturated rings. The average Bonchev–Trinajstić information content (AvgIpc) is 3.38. The van der Waals surface area contributed by atoms with Gasteiger partial charge in [0.25, 0.3) is 0 Å². The van der Waals surface area contributed by atoms with Gasteiger partial charge >= 0.3 is 5.69 Å². The molecule has 1 aliphatic carbocycles. The molecule has 4 aromatic rings. The quantitative estimate of drug-likeness (QED) is 0.441. The molecule has 1 saturated carbocycles. The second-order valence-electron chi connectivity index (χ2n) is 7.21. The molecule has 31 heavy (non-hydrogen) atoms. The molecule has 0 radical (unpaired) electrons. The van der Waals surface area contributed by atoms with Gasteiger partial charge in [-0.2, -0.15) is 19.9 Å². The van der Waals surface area contributed by atoms with Gasteiger partial charge in [0.05, 0.1) is 33.6 Å². The summed E-state index contributed by atoms with van der Waals surface area (Å²) in [6.45, 7) is 3.82. The molecule has 0 atom stereocenters. The van der Waals surface area contributed by atoms with E-state index in [9.17, 15) is 4.79 Å². The zero-order chi connectivity index (χ0) is 21.5. The zero-order valence-corrected chi connectivity index (χ0v) is 16.9. The first-order valence-electron chi connectivity index (χ1n) is 9.52. The summed E-state index contributed by atoms with van der Waals surface area (Å²) in [4.78, 5) is 21.4. The lowest BCUT2D eigenvalue weighted by molar-refractivity contribution is 0.463. The third-order valence-electron chi connectivity index (χ3n) is 4.82. The number of imidazole rings is 1. The Kier molecular flexibility index (Phi) is 4.49. The maximum Gasteiger partial charge on any atom is 0.323 e. The predicted octanol–water partition coefficient (Wildman–Crippen LogP) is 1.88. The average molecular weight is 434 g/mol. The van der Waals surface area contributed by atoms with Crippen molar-refractivity contribution in [2.24, 2.45) is 0 Å². The lowest BCUT2D eigenvalue weighted by atomic mass is 10.2. The number of benzene rings is 1. The van der Waals surface area contributed by atoms with Crippen LogP contribution in [0.25, 0.3) is 18.3 Å². The topological polar surface area (TPSA) is 124 Å². The van der Waals surface area contributed by atoms with E-state index in [0.717, 1.165) is 18.7 Å². The number of aromatic nitrogens is 5. The number of nitriles is 1. The summed E-state index contributed by atoms with van der Waals surface area (Å²) in [7, 11) is 0. The molecular weight excluding hydrogens is 418 g/mol. The van der Waals surface area contributed by atoms with E-state index in [-0.39, 0.29) is 5.69 Å². The van der Waals surface area contributed by atoms with Gasteiger partial charge < -0.3 is 20.0 Å². The lowest BCUT2D eigenvalue weighted by Gasteiger charge is -2.11. The zero-order valence-electron chi connectivity index (χ0n) is 16.1. The molecule has 0 saturated heterocycles. The van der Waals surface area contributed by atoms with Gasteiger partial charge in [0.2, 0.25) is 5.88 Å². The monoisotopic (exact) mass is 433 g/mol. The summed E-state index contributed by atoms with van der Waals surface area (Å²) in [6, 6.07) is 8.96. The van der Waals surface area contributed by atoms with Crippen LogP contribution in [-0.4, -0.2) is 30.6 Å². The molecule has 10 heteroatoms. The van der Waals surface area contributed by atoms with Crippen molar-refractivity contribution in [2.75, 3.05) is 5.32 Å².